The maximum atomic E-state index is 12.2. The minimum atomic E-state index is -0.263. The molecule has 1 fully saturated rings. The minimum absolute atomic E-state index is 0.00652. The van der Waals surface area contributed by atoms with Crippen LogP contribution in [0, 0.1) is 13.8 Å². The van der Waals surface area contributed by atoms with E-state index >= 15 is 0 Å². The lowest BCUT2D eigenvalue weighted by atomic mass is 10.2. The van der Waals surface area contributed by atoms with E-state index in [2.05, 4.69) is 10.3 Å². The number of hydrogen-bond acceptors (Lipinski definition) is 6. The molecule has 1 aliphatic heterocycles. The zero-order valence-electron chi connectivity index (χ0n) is 13.8. The van der Waals surface area contributed by atoms with E-state index in [4.69, 9.17) is 9.47 Å². The van der Waals surface area contributed by atoms with Gasteiger partial charge in [-0.25, -0.2) is 4.98 Å². The van der Waals surface area contributed by atoms with Crippen LogP contribution in [-0.4, -0.2) is 61.2 Å². The zero-order valence-corrected chi connectivity index (χ0v) is 14.6. The van der Waals surface area contributed by atoms with Crippen LogP contribution in [0.1, 0.15) is 23.4 Å². The first-order valence-corrected chi connectivity index (χ1v) is 8.43. The van der Waals surface area contributed by atoms with Crippen molar-refractivity contribution in [3.8, 4) is 0 Å². The molecule has 0 aliphatic carbocycles. The molecule has 1 aliphatic rings. The quantitative estimate of drug-likeness (QED) is 0.810. The van der Waals surface area contributed by atoms with E-state index in [1.54, 1.807) is 0 Å². The van der Waals surface area contributed by atoms with Gasteiger partial charge in [-0.05, 0) is 26.7 Å². The zero-order chi connectivity index (χ0) is 16.8. The molecule has 2 heterocycles. The lowest BCUT2D eigenvalue weighted by molar-refractivity contribution is -0.139. The van der Waals surface area contributed by atoms with Crippen molar-refractivity contribution in [2.75, 3.05) is 38.7 Å². The second kappa shape index (κ2) is 8.37. The molecule has 0 bridgehead atoms. The SMILES string of the molecule is COCC(=O)N(CC(=O)Nc1nc(C)c(C)s1)CC1CCCO1. The van der Waals surface area contributed by atoms with E-state index in [-0.39, 0.29) is 31.1 Å². The van der Waals surface area contributed by atoms with E-state index in [1.807, 2.05) is 13.8 Å². The van der Waals surface area contributed by atoms with Crippen LogP contribution in [-0.2, 0) is 19.1 Å². The molecule has 1 N–H and O–H groups in total. The van der Waals surface area contributed by atoms with Crippen molar-refractivity contribution < 1.29 is 19.1 Å². The summed E-state index contributed by atoms with van der Waals surface area (Å²) in [5, 5.41) is 3.31. The van der Waals surface area contributed by atoms with Crippen molar-refractivity contribution in [2.24, 2.45) is 0 Å². The number of rotatable bonds is 7. The van der Waals surface area contributed by atoms with Gasteiger partial charge in [-0.15, -0.1) is 11.3 Å². The van der Waals surface area contributed by atoms with Gasteiger partial charge in [-0.2, -0.15) is 0 Å². The van der Waals surface area contributed by atoms with Crippen LogP contribution in [0.15, 0.2) is 0 Å². The highest BCUT2D eigenvalue weighted by Crippen LogP contribution is 2.21. The number of thiazole rings is 1. The van der Waals surface area contributed by atoms with Crippen molar-refractivity contribution in [1.82, 2.24) is 9.88 Å². The van der Waals surface area contributed by atoms with Crippen LogP contribution in [0.4, 0.5) is 5.13 Å². The third-order valence-electron chi connectivity index (χ3n) is 3.68. The molecule has 2 rings (SSSR count). The van der Waals surface area contributed by atoms with Crippen molar-refractivity contribution in [3.05, 3.63) is 10.6 Å². The summed E-state index contributed by atoms with van der Waals surface area (Å²) in [6.45, 7) is 4.89. The molecule has 1 aromatic rings. The number of aryl methyl sites for hydroxylation is 2. The summed E-state index contributed by atoms with van der Waals surface area (Å²) in [6.07, 6.45) is 1.89. The Kier molecular flexibility index (Phi) is 6.49. The van der Waals surface area contributed by atoms with E-state index in [0.29, 0.717) is 18.3 Å². The predicted molar refractivity (Wildman–Crippen MR) is 87.6 cm³/mol. The van der Waals surface area contributed by atoms with Gasteiger partial charge in [0, 0.05) is 25.1 Å². The van der Waals surface area contributed by atoms with Crippen LogP contribution in [0.25, 0.3) is 0 Å². The first-order valence-electron chi connectivity index (χ1n) is 7.61. The van der Waals surface area contributed by atoms with E-state index in [1.165, 1.54) is 23.3 Å². The predicted octanol–water partition coefficient (Wildman–Crippen LogP) is 1.35. The molecule has 1 saturated heterocycles. The second-order valence-corrected chi connectivity index (χ2v) is 6.75. The standard InChI is InChI=1S/C15H23N3O4S/c1-10-11(2)23-15(16-10)17-13(19)8-18(14(20)9-21-3)7-12-5-4-6-22-12/h12H,4-9H2,1-3H3,(H,16,17,19). The Balaban J connectivity index is 1.94. The molecule has 23 heavy (non-hydrogen) atoms. The molecule has 0 aromatic carbocycles. The number of aromatic nitrogens is 1. The van der Waals surface area contributed by atoms with Gasteiger partial charge in [0.15, 0.2) is 5.13 Å². The number of nitrogens with one attached hydrogen (secondary N) is 1. The number of methoxy groups -OCH3 is 1. The topological polar surface area (TPSA) is 80.8 Å². The van der Waals surface area contributed by atoms with Gasteiger partial charge in [-0.3, -0.25) is 9.59 Å². The maximum absolute atomic E-state index is 12.2. The van der Waals surface area contributed by atoms with Gasteiger partial charge >= 0.3 is 0 Å². The number of anilines is 1. The fourth-order valence-electron chi connectivity index (χ4n) is 2.36. The van der Waals surface area contributed by atoms with Gasteiger partial charge in [-0.1, -0.05) is 0 Å². The number of carbonyl (C=O) groups is 2. The number of nitrogens with zero attached hydrogens (tertiary/aromatic N) is 2. The monoisotopic (exact) mass is 341 g/mol. The third kappa shape index (κ3) is 5.26. The molecule has 1 aromatic heterocycles. The first-order chi connectivity index (χ1) is 11.0. The molecular weight excluding hydrogens is 318 g/mol. The highest BCUT2D eigenvalue weighted by molar-refractivity contribution is 7.15. The van der Waals surface area contributed by atoms with Crippen molar-refractivity contribution in [1.29, 1.82) is 0 Å². The fourth-order valence-corrected chi connectivity index (χ4v) is 3.19. The largest absolute Gasteiger partial charge is 0.376 e. The Hall–Kier alpha value is -1.51. The highest BCUT2D eigenvalue weighted by Gasteiger charge is 2.24. The summed E-state index contributed by atoms with van der Waals surface area (Å²) in [6, 6.07) is 0. The van der Waals surface area contributed by atoms with E-state index in [9.17, 15) is 9.59 Å². The van der Waals surface area contributed by atoms with Crippen LogP contribution in [0.3, 0.4) is 0 Å². The molecule has 1 atom stereocenters. The van der Waals surface area contributed by atoms with Crippen LogP contribution >= 0.6 is 11.3 Å². The van der Waals surface area contributed by atoms with E-state index < -0.39 is 0 Å². The molecule has 8 heteroatoms. The summed E-state index contributed by atoms with van der Waals surface area (Å²) in [5.41, 5.74) is 0.900. The Morgan fingerprint density at radius 1 is 1.48 bits per heavy atom. The van der Waals surface area contributed by atoms with Crippen LogP contribution in [0.5, 0.6) is 0 Å². The smallest absolute Gasteiger partial charge is 0.249 e. The maximum Gasteiger partial charge on any atom is 0.249 e. The van der Waals surface area contributed by atoms with Gasteiger partial charge in [0.1, 0.15) is 13.2 Å². The first kappa shape index (κ1) is 17.8. The molecule has 2 amide bonds. The van der Waals surface area contributed by atoms with E-state index in [0.717, 1.165) is 23.4 Å². The van der Waals surface area contributed by atoms with Gasteiger partial charge < -0.3 is 19.7 Å². The van der Waals surface area contributed by atoms with Crippen LogP contribution < -0.4 is 5.32 Å². The molecule has 1 unspecified atom stereocenters. The Bertz CT molecular complexity index is 535. The Morgan fingerprint density at radius 2 is 2.26 bits per heavy atom. The van der Waals surface area contributed by atoms with Crippen molar-refractivity contribution in [2.45, 2.75) is 32.8 Å². The fraction of sp³-hybridized carbons (Fsp3) is 0.667. The van der Waals surface area contributed by atoms with Gasteiger partial charge in [0.25, 0.3) is 0 Å². The lowest BCUT2D eigenvalue weighted by Gasteiger charge is -2.24. The average Bonchev–Trinajstić information content (AvgIpc) is 3.09. The summed E-state index contributed by atoms with van der Waals surface area (Å²) in [4.78, 5) is 31.2. The molecular formula is C15H23N3O4S. The highest BCUT2D eigenvalue weighted by atomic mass is 32.1. The molecule has 7 nitrogen and oxygen atoms in total. The lowest BCUT2D eigenvalue weighted by Crippen LogP contribution is -2.43. The Morgan fingerprint density at radius 3 is 2.83 bits per heavy atom. The summed E-state index contributed by atoms with van der Waals surface area (Å²) >= 11 is 1.43. The number of amides is 2. The molecule has 0 radical (unpaired) electrons. The summed E-state index contributed by atoms with van der Waals surface area (Å²) < 4.78 is 10.4. The van der Waals surface area contributed by atoms with Crippen LogP contribution in [0.2, 0.25) is 0 Å². The number of ether oxygens (including phenoxy) is 2. The molecule has 0 spiro atoms. The minimum Gasteiger partial charge on any atom is -0.376 e. The number of carbonyl (C=O) groups excluding carboxylic acids is 2. The number of hydrogen-bond donors (Lipinski definition) is 1. The summed E-state index contributed by atoms with van der Waals surface area (Å²) in [7, 11) is 1.46. The molecule has 0 saturated carbocycles. The average molecular weight is 341 g/mol. The van der Waals surface area contributed by atoms with Crippen molar-refractivity contribution in [3.63, 3.8) is 0 Å². The Labute approximate surface area is 140 Å². The third-order valence-corrected chi connectivity index (χ3v) is 4.67. The summed E-state index contributed by atoms with van der Waals surface area (Å²) in [5.74, 6) is -0.481. The molecule has 128 valence electrons. The second-order valence-electron chi connectivity index (χ2n) is 5.55. The van der Waals surface area contributed by atoms with Crippen molar-refractivity contribution >= 4 is 28.3 Å². The van der Waals surface area contributed by atoms with Gasteiger partial charge in [0.05, 0.1) is 11.8 Å². The normalized spacial score (nSPS) is 17.3. The van der Waals surface area contributed by atoms with Gasteiger partial charge in [0.2, 0.25) is 11.8 Å².